The summed E-state index contributed by atoms with van der Waals surface area (Å²) in [6.45, 7) is 3.66. The SMILES string of the molecule is CC1(CNc2ccc(S(C)(=O)=O)cc2)CCCO1. The van der Waals surface area contributed by atoms with Crippen LogP contribution in [0.2, 0.25) is 0 Å². The van der Waals surface area contributed by atoms with Gasteiger partial charge in [-0.25, -0.2) is 8.42 Å². The Balaban J connectivity index is 1.98. The largest absolute Gasteiger partial charge is 0.382 e. The van der Waals surface area contributed by atoms with Gasteiger partial charge in [0.05, 0.1) is 10.5 Å². The molecule has 100 valence electrons. The highest BCUT2D eigenvalue weighted by Gasteiger charge is 2.29. The molecule has 1 saturated heterocycles. The van der Waals surface area contributed by atoms with E-state index in [1.807, 2.05) is 0 Å². The fourth-order valence-electron chi connectivity index (χ4n) is 2.09. The second-order valence-corrected chi connectivity index (χ2v) is 7.07. The molecule has 0 spiro atoms. The molecule has 5 heteroatoms. The topological polar surface area (TPSA) is 55.4 Å². The van der Waals surface area contributed by atoms with Gasteiger partial charge in [0.1, 0.15) is 0 Å². The predicted molar refractivity (Wildman–Crippen MR) is 71.6 cm³/mol. The highest BCUT2D eigenvalue weighted by Crippen LogP contribution is 2.25. The number of rotatable bonds is 4. The van der Waals surface area contributed by atoms with Crippen LogP contribution in [0.4, 0.5) is 5.69 Å². The Labute approximate surface area is 108 Å². The van der Waals surface area contributed by atoms with E-state index in [-0.39, 0.29) is 5.60 Å². The van der Waals surface area contributed by atoms with Crippen molar-refractivity contribution in [3.8, 4) is 0 Å². The van der Waals surface area contributed by atoms with Crippen LogP contribution in [0, 0.1) is 0 Å². The van der Waals surface area contributed by atoms with Crippen LogP contribution in [-0.2, 0) is 14.6 Å². The standard InChI is InChI=1S/C13H19NO3S/c1-13(8-3-9-17-13)10-14-11-4-6-12(7-5-11)18(2,15)16/h4-7,14H,3,8-10H2,1-2H3. The molecule has 0 saturated carbocycles. The summed E-state index contributed by atoms with van der Waals surface area (Å²) in [7, 11) is -3.11. The molecule has 1 aliphatic heterocycles. The van der Waals surface area contributed by atoms with E-state index in [2.05, 4.69) is 12.2 Å². The van der Waals surface area contributed by atoms with E-state index in [1.165, 1.54) is 6.26 Å². The van der Waals surface area contributed by atoms with Gasteiger partial charge in [0.2, 0.25) is 0 Å². The van der Waals surface area contributed by atoms with Gasteiger partial charge < -0.3 is 10.1 Å². The van der Waals surface area contributed by atoms with Gasteiger partial charge in [-0.1, -0.05) is 0 Å². The Hall–Kier alpha value is -1.07. The van der Waals surface area contributed by atoms with Crippen molar-refractivity contribution in [2.75, 3.05) is 24.7 Å². The Morgan fingerprint density at radius 1 is 1.33 bits per heavy atom. The van der Waals surface area contributed by atoms with Crippen LogP contribution in [0.15, 0.2) is 29.2 Å². The molecule has 1 aliphatic rings. The molecule has 0 radical (unpaired) electrons. The molecule has 18 heavy (non-hydrogen) atoms. The van der Waals surface area contributed by atoms with E-state index in [1.54, 1.807) is 24.3 Å². The Kier molecular flexibility index (Phi) is 3.64. The summed E-state index contributed by atoms with van der Waals surface area (Å²) in [6.07, 6.45) is 3.37. The van der Waals surface area contributed by atoms with Crippen molar-refractivity contribution in [1.29, 1.82) is 0 Å². The van der Waals surface area contributed by atoms with Crippen LogP contribution >= 0.6 is 0 Å². The molecule has 0 bridgehead atoms. The molecule has 4 nitrogen and oxygen atoms in total. The highest BCUT2D eigenvalue weighted by atomic mass is 32.2. The van der Waals surface area contributed by atoms with Gasteiger partial charge in [-0.15, -0.1) is 0 Å². The molecule has 1 atom stereocenters. The molecular formula is C13H19NO3S. The number of hydrogen-bond donors (Lipinski definition) is 1. The predicted octanol–water partition coefficient (Wildman–Crippen LogP) is 2.07. The third-order valence-corrected chi connectivity index (χ3v) is 4.38. The van der Waals surface area contributed by atoms with Gasteiger partial charge in [-0.3, -0.25) is 0 Å². The summed E-state index contributed by atoms with van der Waals surface area (Å²) in [5.41, 5.74) is 0.814. The van der Waals surface area contributed by atoms with E-state index >= 15 is 0 Å². The van der Waals surface area contributed by atoms with E-state index < -0.39 is 9.84 Å². The second-order valence-electron chi connectivity index (χ2n) is 5.05. The Morgan fingerprint density at radius 3 is 2.50 bits per heavy atom. The Bertz CT molecular complexity index is 502. The monoisotopic (exact) mass is 269 g/mol. The third-order valence-electron chi connectivity index (χ3n) is 3.25. The van der Waals surface area contributed by atoms with Crippen molar-refractivity contribution in [3.63, 3.8) is 0 Å². The first-order chi connectivity index (χ1) is 8.39. The summed E-state index contributed by atoms with van der Waals surface area (Å²) in [5.74, 6) is 0. The third kappa shape index (κ3) is 3.23. The lowest BCUT2D eigenvalue weighted by molar-refractivity contribution is 0.0315. The van der Waals surface area contributed by atoms with Gasteiger partial charge in [-0.05, 0) is 44.0 Å². The van der Waals surface area contributed by atoms with Gasteiger partial charge >= 0.3 is 0 Å². The van der Waals surface area contributed by atoms with Crippen molar-refractivity contribution in [2.24, 2.45) is 0 Å². The first kappa shape index (κ1) is 13.4. The lowest BCUT2D eigenvalue weighted by atomic mass is 10.0. The quantitative estimate of drug-likeness (QED) is 0.909. The normalized spacial score (nSPS) is 24.1. The zero-order valence-electron chi connectivity index (χ0n) is 10.8. The molecule has 1 fully saturated rings. The second kappa shape index (κ2) is 4.90. The maximum atomic E-state index is 11.3. The summed E-state index contributed by atoms with van der Waals surface area (Å²) in [4.78, 5) is 0.344. The van der Waals surface area contributed by atoms with Crippen molar-refractivity contribution < 1.29 is 13.2 Å². The lowest BCUT2D eigenvalue weighted by Crippen LogP contribution is -2.32. The highest BCUT2D eigenvalue weighted by molar-refractivity contribution is 7.90. The Morgan fingerprint density at radius 2 is 2.00 bits per heavy atom. The zero-order chi connectivity index (χ0) is 13.2. The van der Waals surface area contributed by atoms with Gasteiger partial charge in [0, 0.05) is 25.1 Å². The van der Waals surface area contributed by atoms with Gasteiger partial charge in [0.25, 0.3) is 0 Å². The van der Waals surface area contributed by atoms with Crippen molar-refractivity contribution in [3.05, 3.63) is 24.3 Å². The number of nitrogens with one attached hydrogen (secondary N) is 1. The first-order valence-electron chi connectivity index (χ1n) is 6.07. The number of sulfone groups is 1. The minimum absolute atomic E-state index is 0.102. The van der Waals surface area contributed by atoms with E-state index in [0.717, 1.165) is 31.7 Å². The van der Waals surface area contributed by atoms with Gasteiger partial charge in [0.15, 0.2) is 9.84 Å². The number of benzene rings is 1. The van der Waals surface area contributed by atoms with Gasteiger partial charge in [-0.2, -0.15) is 0 Å². The summed E-state index contributed by atoms with van der Waals surface area (Å²) < 4.78 is 28.3. The van der Waals surface area contributed by atoms with Crippen LogP contribution in [0.25, 0.3) is 0 Å². The molecule has 2 rings (SSSR count). The summed E-state index contributed by atoms with van der Waals surface area (Å²) in [5, 5.41) is 3.29. The minimum Gasteiger partial charge on any atom is -0.382 e. The zero-order valence-corrected chi connectivity index (χ0v) is 11.6. The average Bonchev–Trinajstić information content (AvgIpc) is 2.74. The maximum Gasteiger partial charge on any atom is 0.175 e. The molecular weight excluding hydrogens is 250 g/mol. The fourth-order valence-corrected chi connectivity index (χ4v) is 2.72. The average molecular weight is 269 g/mol. The molecule has 0 amide bonds. The first-order valence-corrected chi connectivity index (χ1v) is 7.96. The lowest BCUT2D eigenvalue weighted by Gasteiger charge is -2.24. The molecule has 0 aromatic heterocycles. The van der Waals surface area contributed by atoms with E-state index in [9.17, 15) is 8.42 Å². The molecule has 1 aromatic rings. The van der Waals surface area contributed by atoms with Crippen LogP contribution in [0.5, 0.6) is 0 Å². The number of ether oxygens (including phenoxy) is 1. The smallest absolute Gasteiger partial charge is 0.175 e. The van der Waals surface area contributed by atoms with E-state index in [4.69, 9.17) is 4.74 Å². The number of hydrogen-bond acceptors (Lipinski definition) is 4. The molecule has 1 heterocycles. The number of anilines is 1. The molecule has 1 aromatic carbocycles. The van der Waals surface area contributed by atoms with Crippen LogP contribution in [0.1, 0.15) is 19.8 Å². The molecule has 0 aliphatic carbocycles. The van der Waals surface area contributed by atoms with E-state index in [0.29, 0.717) is 4.90 Å². The molecule has 1 unspecified atom stereocenters. The fraction of sp³-hybridized carbons (Fsp3) is 0.538. The summed E-state index contributed by atoms with van der Waals surface area (Å²) in [6, 6.07) is 6.81. The van der Waals surface area contributed by atoms with Crippen LogP contribution in [-0.4, -0.2) is 33.4 Å². The van der Waals surface area contributed by atoms with Crippen LogP contribution < -0.4 is 5.32 Å². The maximum absolute atomic E-state index is 11.3. The van der Waals surface area contributed by atoms with Crippen molar-refractivity contribution in [1.82, 2.24) is 0 Å². The molecule has 1 N–H and O–H groups in total. The van der Waals surface area contributed by atoms with Crippen molar-refractivity contribution >= 4 is 15.5 Å². The van der Waals surface area contributed by atoms with Crippen molar-refractivity contribution in [2.45, 2.75) is 30.3 Å². The summed E-state index contributed by atoms with van der Waals surface area (Å²) >= 11 is 0. The minimum atomic E-state index is -3.11. The van der Waals surface area contributed by atoms with Crippen LogP contribution in [0.3, 0.4) is 0 Å².